The summed E-state index contributed by atoms with van der Waals surface area (Å²) in [6.45, 7) is 3.27. The van der Waals surface area contributed by atoms with Gasteiger partial charge >= 0.3 is 0 Å². The monoisotopic (exact) mass is 287 g/mol. The minimum absolute atomic E-state index is 0.291. The molecule has 0 aliphatic carbocycles. The van der Waals surface area contributed by atoms with Crippen molar-refractivity contribution in [3.05, 3.63) is 53.5 Å². The number of nitrogens with zero attached hydrogens (tertiary/aromatic N) is 2. The highest BCUT2D eigenvalue weighted by Crippen LogP contribution is 2.24. The number of rotatable bonds is 7. The molecule has 1 aromatic heterocycles. The van der Waals surface area contributed by atoms with Crippen LogP contribution < -0.4 is 5.32 Å². The van der Waals surface area contributed by atoms with Crippen molar-refractivity contribution in [1.82, 2.24) is 9.97 Å². The van der Waals surface area contributed by atoms with Crippen LogP contribution in [0.5, 0.6) is 0 Å². The first-order valence-electron chi connectivity index (χ1n) is 6.96. The number of nitrogens with one attached hydrogen (secondary N) is 1. The Hall–Kier alpha value is -1.98. The van der Waals surface area contributed by atoms with Crippen molar-refractivity contribution in [1.29, 1.82) is 0 Å². The van der Waals surface area contributed by atoms with E-state index >= 15 is 0 Å². The molecule has 1 N–H and O–H groups in total. The number of aromatic nitrogens is 2. The van der Waals surface area contributed by atoms with Crippen LogP contribution in [0, 0.1) is 0 Å². The molecule has 0 aliphatic heterocycles. The lowest BCUT2D eigenvalue weighted by atomic mass is 10.1. The second-order valence-electron chi connectivity index (χ2n) is 4.59. The molecule has 112 valence electrons. The lowest BCUT2D eigenvalue weighted by molar-refractivity contribution is 0.127. The Bertz CT molecular complexity index is 536. The number of hydrogen-bond donors (Lipinski definition) is 1. The maximum absolute atomic E-state index is 5.60. The molecule has 0 amide bonds. The third-order valence-electron chi connectivity index (χ3n) is 3.02. The molecule has 1 atom stereocenters. The molecule has 0 saturated heterocycles. The van der Waals surface area contributed by atoms with E-state index in [9.17, 15) is 0 Å². The normalized spacial score (nSPS) is 12.1. The quantitative estimate of drug-likeness (QED) is 0.848. The molecule has 1 heterocycles. The van der Waals surface area contributed by atoms with Gasteiger partial charge in [-0.3, -0.25) is 0 Å². The van der Waals surface area contributed by atoms with E-state index < -0.39 is 0 Å². The average Bonchev–Trinajstić information content (AvgIpc) is 2.50. The van der Waals surface area contributed by atoms with E-state index in [4.69, 9.17) is 9.47 Å². The molecule has 0 radical (unpaired) electrons. The van der Waals surface area contributed by atoms with E-state index in [1.807, 2.05) is 43.3 Å². The van der Waals surface area contributed by atoms with E-state index in [0.29, 0.717) is 12.4 Å². The second kappa shape index (κ2) is 7.71. The number of hydrogen-bond acceptors (Lipinski definition) is 5. The fourth-order valence-electron chi connectivity index (χ4n) is 2.15. The van der Waals surface area contributed by atoms with E-state index in [-0.39, 0.29) is 6.10 Å². The largest absolute Gasteiger partial charge is 0.378 e. The van der Waals surface area contributed by atoms with Crippen LogP contribution in [0.15, 0.2) is 36.4 Å². The molecule has 5 nitrogen and oxygen atoms in total. The lowest BCUT2D eigenvalue weighted by Crippen LogP contribution is -2.12. The number of benzene rings is 1. The van der Waals surface area contributed by atoms with Gasteiger partial charge in [0.15, 0.2) is 5.82 Å². The zero-order chi connectivity index (χ0) is 15.1. The van der Waals surface area contributed by atoms with Crippen LogP contribution in [-0.4, -0.2) is 30.7 Å². The van der Waals surface area contributed by atoms with Crippen molar-refractivity contribution in [2.75, 3.05) is 26.1 Å². The standard InChI is InChI=1S/C16H21N3O2/c1-4-17-14-10-13(11-20-2)18-16(19-14)15(21-3)12-8-6-5-7-9-12/h5-10,15H,4,11H2,1-3H3,(H,17,18,19). The van der Waals surface area contributed by atoms with Gasteiger partial charge in [0.2, 0.25) is 0 Å². The summed E-state index contributed by atoms with van der Waals surface area (Å²) in [5, 5.41) is 3.21. The lowest BCUT2D eigenvalue weighted by Gasteiger charge is -2.16. The molecule has 2 aromatic rings. The van der Waals surface area contributed by atoms with Gasteiger partial charge in [0.05, 0.1) is 12.3 Å². The third-order valence-corrected chi connectivity index (χ3v) is 3.02. The van der Waals surface area contributed by atoms with Gasteiger partial charge in [-0.05, 0) is 12.5 Å². The van der Waals surface area contributed by atoms with Crippen LogP contribution in [0.25, 0.3) is 0 Å². The molecule has 0 bridgehead atoms. The molecular weight excluding hydrogens is 266 g/mol. The van der Waals surface area contributed by atoms with E-state index in [2.05, 4.69) is 15.3 Å². The van der Waals surface area contributed by atoms with Gasteiger partial charge in [0.1, 0.15) is 11.9 Å². The van der Waals surface area contributed by atoms with E-state index in [1.165, 1.54) is 0 Å². The van der Waals surface area contributed by atoms with E-state index in [0.717, 1.165) is 23.6 Å². The molecule has 1 unspecified atom stereocenters. The van der Waals surface area contributed by atoms with E-state index in [1.54, 1.807) is 14.2 Å². The summed E-state index contributed by atoms with van der Waals surface area (Å²) < 4.78 is 10.8. The van der Waals surface area contributed by atoms with Gasteiger partial charge < -0.3 is 14.8 Å². The maximum Gasteiger partial charge on any atom is 0.164 e. The second-order valence-corrected chi connectivity index (χ2v) is 4.59. The maximum atomic E-state index is 5.60. The van der Waals surface area contributed by atoms with Crippen molar-refractivity contribution in [3.8, 4) is 0 Å². The summed E-state index contributed by atoms with van der Waals surface area (Å²) in [6, 6.07) is 11.8. The average molecular weight is 287 g/mol. The van der Waals surface area contributed by atoms with Crippen LogP contribution in [0.4, 0.5) is 5.82 Å². The zero-order valence-electron chi connectivity index (χ0n) is 12.7. The molecule has 0 fully saturated rings. The Labute approximate surface area is 125 Å². The van der Waals surface area contributed by atoms with Gasteiger partial charge in [-0.25, -0.2) is 9.97 Å². The van der Waals surface area contributed by atoms with Crippen molar-refractivity contribution in [2.24, 2.45) is 0 Å². The van der Waals surface area contributed by atoms with Gasteiger partial charge in [-0.15, -0.1) is 0 Å². The molecule has 0 aliphatic rings. The summed E-state index contributed by atoms with van der Waals surface area (Å²) in [6.07, 6.45) is -0.291. The molecular formula is C16H21N3O2. The van der Waals surface area contributed by atoms with Crippen molar-refractivity contribution in [2.45, 2.75) is 19.6 Å². The minimum Gasteiger partial charge on any atom is -0.378 e. The first-order valence-corrected chi connectivity index (χ1v) is 6.96. The van der Waals surface area contributed by atoms with Crippen LogP contribution in [-0.2, 0) is 16.1 Å². The number of ether oxygens (including phenoxy) is 2. The summed E-state index contributed by atoms with van der Waals surface area (Å²) in [5.74, 6) is 1.42. The number of anilines is 1. The smallest absolute Gasteiger partial charge is 0.164 e. The first-order chi connectivity index (χ1) is 10.3. The molecule has 0 saturated carbocycles. The van der Waals surface area contributed by atoms with Crippen molar-refractivity contribution in [3.63, 3.8) is 0 Å². The predicted molar refractivity (Wildman–Crippen MR) is 82.2 cm³/mol. The fourth-order valence-corrected chi connectivity index (χ4v) is 2.15. The Morgan fingerprint density at radius 2 is 1.90 bits per heavy atom. The highest BCUT2D eigenvalue weighted by Gasteiger charge is 2.18. The fraction of sp³-hybridized carbons (Fsp3) is 0.375. The van der Waals surface area contributed by atoms with Crippen molar-refractivity contribution < 1.29 is 9.47 Å². The zero-order valence-corrected chi connectivity index (χ0v) is 12.7. The number of methoxy groups -OCH3 is 2. The predicted octanol–water partition coefficient (Wildman–Crippen LogP) is 2.79. The van der Waals surface area contributed by atoms with Gasteiger partial charge in [-0.2, -0.15) is 0 Å². The molecule has 1 aromatic carbocycles. The highest BCUT2D eigenvalue weighted by molar-refractivity contribution is 5.37. The molecule has 5 heteroatoms. The SMILES string of the molecule is CCNc1cc(COC)nc(C(OC)c2ccccc2)n1. The third kappa shape index (κ3) is 4.00. The Kier molecular flexibility index (Phi) is 5.66. The highest BCUT2D eigenvalue weighted by atomic mass is 16.5. The Morgan fingerprint density at radius 1 is 1.14 bits per heavy atom. The Morgan fingerprint density at radius 3 is 2.52 bits per heavy atom. The van der Waals surface area contributed by atoms with Crippen LogP contribution in [0.3, 0.4) is 0 Å². The summed E-state index contributed by atoms with van der Waals surface area (Å²) in [5.41, 5.74) is 1.86. The van der Waals surface area contributed by atoms with Gasteiger partial charge in [-0.1, -0.05) is 30.3 Å². The molecule has 0 spiro atoms. The summed E-state index contributed by atoms with van der Waals surface area (Å²) >= 11 is 0. The van der Waals surface area contributed by atoms with Crippen LogP contribution >= 0.6 is 0 Å². The van der Waals surface area contributed by atoms with Gasteiger partial charge in [0.25, 0.3) is 0 Å². The van der Waals surface area contributed by atoms with Crippen molar-refractivity contribution >= 4 is 5.82 Å². The summed E-state index contributed by atoms with van der Waals surface area (Å²) in [7, 11) is 3.32. The summed E-state index contributed by atoms with van der Waals surface area (Å²) in [4.78, 5) is 9.10. The minimum atomic E-state index is -0.291. The Balaban J connectivity index is 2.39. The van der Waals surface area contributed by atoms with Gasteiger partial charge in [0, 0.05) is 26.8 Å². The van der Waals surface area contributed by atoms with Crippen LogP contribution in [0.2, 0.25) is 0 Å². The topological polar surface area (TPSA) is 56.3 Å². The van der Waals surface area contributed by atoms with Crippen LogP contribution in [0.1, 0.15) is 30.1 Å². The first kappa shape index (κ1) is 15.4. The molecule has 2 rings (SSSR count). The molecule has 21 heavy (non-hydrogen) atoms.